The molecule has 2 aromatic heterocycles. The number of aryl methyl sites for hydroxylation is 1. The van der Waals surface area contributed by atoms with Gasteiger partial charge >= 0.3 is 0 Å². The fraction of sp³-hybridized carbons (Fsp3) is 0.300. The number of nitrogens with zero attached hydrogens (tertiary/aromatic N) is 4. The fourth-order valence-corrected chi connectivity index (χ4v) is 3.44. The van der Waals surface area contributed by atoms with Gasteiger partial charge in [-0.1, -0.05) is 28.9 Å². The van der Waals surface area contributed by atoms with Gasteiger partial charge in [0, 0.05) is 29.7 Å². The highest BCUT2D eigenvalue weighted by molar-refractivity contribution is 6.30. The first-order valence-corrected chi connectivity index (χ1v) is 9.55. The van der Waals surface area contributed by atoms with E-state index in [1.165, 1.54) is 0 Å². The summed E-state index contributed by atoms with van der Waals surface area (Å²) in [5.41, 5.74) is 2.48. The van der Waals surface area contributed by atoms with Crippen LogP contribution in [0, 0.1) is 12.8 Å². The van der Waals surface area contributed by atoms with Gasteiger partial charge in [-0.15, -0.1) is 10.2 Å². The maximum Gasteiger partial charge on any atom is 0.231 e. The van der Waals surface area contributed by atoms with Crippen LogP contribution in [0.25, 0.3) is 11.3 Å². The molecule has 1 aromatic carbocycles. The number of anilines is 2. The summed E-state index contributed by atoms with van der Waals surface area (Å²) in [6.07, 6.45) is 1.74. The lowest BCUT2D eigenvalue weighted by atomic mass is 9.97. The Labute approximate surface area is 167 Å². The van der Waals surface area contributed by atoms with Crippen molar-refractivity contribution in [3.63, 3.8) is 0 Å². The monoisotopic (exact) mass is 397 g/mol. The lowest BCUT2D eigenvalue weighted by molar-refractivity contribution is -0.120. The summed E-state index contributed by atoms with van der Waals surface area (Å²) in [4.78, 5) is 14.6. The van der Waals surface area contributed by atoms with Gasteiger partial charge in [0.2, 0.25) is 11.8 Å². The number of carbonyl (C=O) groups is 1. The van der Waals surface area contributed by atoms with Crippen molar-refractivity contribution in [1.29, 1.82) is 0 Å². The Balaban J connectivity index is 1.42. The molecule has 1 aliphatic rings. The van der Waals surface area contributed by atoms with E-state index < -0.39 is 0 Å². The number of rotatable bonds is 4. The Morgan fingerprint density at radius 2 is 2.04 bits per heavy atom. The molecule has 3 heterocycles. The topological polar surface area (TPSA) is 84.2 Å². The van der Waals surface area contributed by atoms with Crippen LogP contribution in [0.3, 0.4) is 0 Å². The number of benzene rings is 1. The Kier molecular flexibility index (Phi) is 5.25. The van der Waals surface area contributed by atoms with Gasteiger partial charge in [0.05, 0.1) is 17.3 Å². The molecule has 8 heteroatoms. The van der Waals surface area contributed by atoms with Gasteiger partial charge in [0.25, 0.3) is 0 Å². The number of piperidine rings is 1. The van der Waals surface area contributed by atoms with Crippen molar-refractivity contribution in [1.82, 2.24) is 15.4 Å². The van der Waals surface area contributed by atoms with Gasteiger partial charge in [-0.2, -0.15) is 0 Å². The van der Waals surface area contributed by atoms with Crippen molar-refractivity contribution in [3.8, 4) is 11.3 Å². The summed E-state index contributed by atoms with van der Waals surface area (Å²) in [5, 5.41) is 16.0. The molecule has 4 rings (SSSR count). The Morgan fingerprint density at radius 1 is 1.21 bits per heavy atom. The molecule has 1 unspecified atom stereocenters. The van der Waals surface area contributed by atoms with E-state index in [1.54, 1.807) is 6.07 Å². The van der Waals surface area contributed by atoms with E-state index >= 15 is 0 Å². The van der Waals surface area contributed by atoms with E-state index in [4.69, 9.17) is 16.1 Å². The average molecular weight is 398 g/mol. The van der Waals surface area contributed by atoms with Crippen LogP contribution in [0.15, 0.2) is 47.0 Å². The molecular weight excluding hydrogens is 378 g/mol. The molecule has 0 aliphatic carbocycles. The zero-order valence-electron chi connectivity index (χ0n) is 15.4. The highest BCUT2D eigenvalue weighted by atomic mass is 35.5. The van der Waals surface area contributed by atoms with Crippen molar-refractivity contribution in [2.45, 2.75) is 19.8 Å². The third-order valence-electron chi connectivity index (χ3n) is 4.78. The molecule has 0 radical (unpaired) electrons. The van der Waals surface area contributed by atoms with Gasteiger partial charge in [0.15, 0.2) is 5.82 Å². The minimum atomic E-state index is -0.142. The summed E-state index contributed by atoms with van der Waals surface area (Å²) in [5.74, 6) is 0.945. The number of hydrogen-bond donors (Lipinski definition) is 1. The highest BCUT2D eigenvalue weighted by Gasteiger charge is 2.27. The maximum absolute atomic E-state index is 12.5. The molecule has 3 aromatic rings. The first kappa shape index (κ1) is 18.4. The zero-order valence-corrected chi connectivity index (χ0v) is 16.2. The second-order valence-corrected chi connectivity index (χ2v) is 7.33. The largest absolute Gasteiger partial charge is 0.354 e. The highest BCUT2D eigenvalue weighted by Crippen LogP contribution is 2.25. The van der Waals surface area contributed by atoms with Crippen LogP contribution in [0.4, 0.5) is 11.7 Å². The summed E-state index contributed by atoms with van der Waals surface area (Å²) in [6, 6.07) is 13.1. The van der Waals surface area contributed by atoms with Crippen molar-refractivity contribution < 1.29 is 9.32 Å². The zero-order chi connectivity index (χ0) is 19.5. The molecule has 1 atom stereocenters. The predicted octanol–water partition coefficient (Wildman–Crippen LogP) is 3.95. The number of nitrogens with one attached hydrogen (secondary N) is 1. The van der Waals surface area contributed by atoms with Crippen LogP contribution < -0.4 is 10.2 Å². The number of hydrogen-bond acceptors (Lipinski definition) is 6. The SMILES string of the molecule is Cc1cc(NC(=O)C2CCCN(c3ccc(-c4ccc(Cl)cc4)nn3)C2)on1. The average Bonchev–Trinajstić information content (AvgIpc) is 3.13. The molecule has 0 saturated carbocycles. The van der Waals surface area contributed by atoms with Gasteiger partial charge in [0.1, 0.15) is 0 Å². The maximum atomic E-state index is 12.5. The summed E-state index contributed by atoms with van der Waals surface area (Å²) in [6.45, 7) is 3.25. The van der Waals surface area contributed by atoms with E-state index in [2.05, 4.69) is 25.6 Å². The molecule has 1 N–H and O–H groups in total. The molecule has 28 heavy (non-hydrogen) atoms. The Morgan fingerprint density at radius 3 is 2.71 bits per heavy atom. The number of carbonyl (C=O) groups excluding carboxylic acids is 1. The van der Waals surface area contributed by atoms with E-state index in [1.807, 2.05) is 43.3 Å². The van der Waals surface area contributed by atoms with Gasteiger partial charge in [-0.3, -0.25) is 10.1 Å². The minimum absolute atomic E-state index is 0.0633. The fourth-order valence-electron chi connectivity index (χ4n) is 3.31. The number of aromatic nitrogens is 3. The van der Waals surface area contributed by atoms with Gasteiger partial charge < -0.3 is 9.42 Å². The second-order valence-electron chi connectivity index (χ2n) is 6.89. The normalized spacial score (nSPS) is 16.8. The second kappa shape index (κ2) is 7.98. The minimum Gasteiger partial charge on any atom is -0.354 e. The standard InChI is InChI=1S/C20H20ClN5O2/c1-13-11-19(28-25-13)22-20(27)15-3-2-10-26(12-15)18-9-8-17(23-24-18)14-4-6-16(21)7-5-14/h4-9,11,15H,2-3,10,12H2,1H3,(H,22,27). The van der Waals surface area contributed by atoms with Crippen LogP contribution in [0.5, 0.6) is 0 Å². The molecule has 1 aliphatic heterocycles. The Bertz CT molecular complexity index is 955. The third kappa shape index (κ3) is 4.14. The van der Waals surface area contributed by atoms with Crippen LogP contribution in [0.1, 0.15) is 18.5 Å². The molecular formula is C20H20ClN5O2. The molecule has 0 spiro atoms. The van der Waals surface area contributed by atoms with Crippen molar-refractivity contribution in [2.24, 2.45) is 5.92 Å². The van der Waals surface area contributed by atoms with Gasteiger partial charge in [-0.25, -0.2) is 0 Å². The quantitative estimate of drug-likeness (QED) is 0.717. The Hall–Kier alpha value is -2.93. The molecule has 7 nitrogen and oxygen atoms in total. The molecule has 1 amide bonds. The third-order valence-corrected chi connectivity index (χ3v) is 5.03. The van der Waals surface area contributed by atoms with E-state index in [9.17, 15) is 4.79 Å². The number of halogens is 1. The smallest absolute Gasteiger partial charge is 0.231 e. The van der Waals surface area contributed by atoms with Crippen molar-refractivity contribution in [2.75, 3.05) is 23.3 Å². The van der Waals surface area contributed by atoms with Gasteiger partial charge in [-0.05, 0) is 44.0 Å². The first-order chi connectivity index (χ1) is 13.6. The lowest BCUT2D eigenvalue weighted by Gasteiger charge is -2.32. The van der Waals surface area contributed by atoms with E-state index in [-0.39, 0.29) is 11.8 Å². The molecule has 0 bridgehead atoms. The lowest BCUT2D eigenvalue weighted by Crippen LogP contribution is -2.41. The van der Waals surface area contributed by atoms with Crippen molar-refractivity contribution >= 4 is 29.2 Å². The summed E-state index contributed by atoms with van der Waals surface area (Å²) >= 11 is 5.93. The first-order valence-electron chi connectivity index (χ1n) is 9.17. The molecule has 1 saturated heterocycles. The predicted molar refractivity (Wildman–Crippen MR) is 107 cm³/mol. The van der Waals surface area contributed by atoms with E-state index in [0.717, 1.165) is 42.2 Å². The summed E-state index contributed by atoms with van der Waals surface area (Å²) < 4.78 is 5.07. The van der Waals surface area contributed by atoms with Crippen LogP contribution in [-0.2, 0) is 4.79 Å². The van der Waals surface area contributed by atoms with Crippen LogP contribution in [-0.4, -0.2) is 34.4 Å². The van der Waals surface area contributed by atoms with Crippen molar-refractivity contribution in [3.05, 3.63) is 53.2 Å². The van der Waals surface area contributed by atoms with E-state index in [0.29, 0.717) is 17.5 Å². The molecule has 144 valence electrons. The number of amides is 1. The summed E-state index contributed by atoms with van der Waals surface area (Å²) in [7, 11) is 0. The van der Waals surface area contributed by atoms with Crippen LogP contribution >= 0.6 is 11.6 Å². The molecule has 1 fully saturated rings. The van der Waals surface area contributed by atoms with Crippen LogP contribution in [0.2, 0.25) is 5.02 Å².